The van der Waals surface area contributed by atoms with Gasteiger partial charge in [0.05, 0.1) is 19.7 Å². The van der Waals surface area contributed by atoms with Gasteiger partial charge in [-0.2, -0.15) is 5.26 Å². The summed E-state index contributed by atoms with van der Waals surface area (Å²) in [6.07, 6.45) is 0. The summed E-state index contributed by atoms with van der Waals surface area (Å²) in [5.74, 6) is 0.868. The van der Waals surface area contributed by atoms with E-state index >= 15 is 0 Å². The maximum Gasteiger partial charge on any atom is 0.119 e. The van der Waals surface area contributed by atoms with Gasteiger partial charge in [0.15, 0.2) is 0 Å². The van der Waals surface area contributed by atoms with Crippen LogP contribution in [0.5, 0.6) is 5.75 Å². The summed E-state index contributed by atoms with van der Waals surface area (Å²) < 4.78 is 5.18. The normalized spacial score (nSPS) is 10.1. The lowest BCUT2D eigenvalue weighted by molar-refractivity contribution is 0.415. The Morgan fingerprint density at radius 3 is 2.71 bits per heavy atom. The predicted molar refractivity (Wildman–Crippen MR) is 67.8 cm³/mol. The fraction of sp³-hybridized carbons (Fsp3) is 0.214. The Morgan fingerprint density at radius 1 is 1.18 bits per heavy atom. The van der Waals surface area contributed by atoms with Crippen LogP contribution in [0.2, 0.25) is 0 Å². The molecule has 0 unspecified atom stereocenters. The first-order valence-electron chi connectivity index (χ1n) is 5.48. The van der Waals surface area contributed by atoms with Crippen LogP contribution in [0.1, 0.15) is 5.56 Å². The summed E-state index contributed by atoms with van der Waals surface area (Å²) in [7, 11) is 1.67. The molecule has 3 nitrogen and oxygen atoms in total. The van der Waals surface area contributed by atoms with Crippen LogP contribution in [0.4, 0.5) is 0 Å². The molecule has 0 aliphatic carbocycles. The molecule has 17 heavy (non-hydrogen) atoms. The lowest BCUT2D eigenvalue weighted by atomic mass is 10.1. The van der Waals surface area contributed by atoms with Crippen molar-refractivity contribution in [3.63, 3.8) is 0 Å². The van der Waals surface area contributed by atoms with Gasteiger partial charge in [-0.3, -0.25) is 0 Å². The first-order valence-corrected chi connectivity index (χ1v) is 5.48. The average Bonchev–Trinajstić information content (AvgIpc) is 2.38. The van der Waals surface area contributed by atoms with E-state index in [1.807, 2.05) is 18.2 Å². The molecule has 0 heterocycles. The molecule has 2 aromatic rings. The molecular formula is C14H14N2O. The highest BCUT2D eigenvalue weighted by atomic mass is 16.5. The van der Waals surface area contributed by atoms with Gasteiger partial charge in [0.25, 0.3) is 0 Å². The lowest BCUT2D eigenvalue weighted by Gasteiger charge is -2.05. The standard InChI is InChI=1S/C14H14N2O/c1-17-14-5-4-12-8-11(10-16-7-6-15)2-3-13(12)9-14/h2-5,8-9,16H,7,10H2,1H3. The van der Waals surface area contributed by atoms with E-state index in [0.717, 1.165) is 17.7 Å². The van der Waals surface area contributed by atoms with Gasteiger partial charge < -0.3 is 10.1 Å². The smallest absolute Gasteiger partial charge is 0.119 e. The molecule has 0 spiro atoms. The monoisotopic (exact) mass is 226 g/mol. The highest BCUT2D eigenvalue weighted by Gasteiger charge is 1.98. The molecule has 0 atom stereocenters. The molecule has 1 N–H and O–H groups in total. The zero-order valence-corrected chi connectivity index (χ0v) is 9.73. The van der Waals surface area contributed by atoms with Crippen LogP contribution in [0, 0.1) is 11.3 Å². The molecule has 3 heteroatoms. The lowest BCUT2D eigenvalue weighted by Crippen LogP contribution is -2.12. The van der Waals surface area contributed by atoms with Crippen molar-refractivity contribution in [3.8, 4) is 11.8 Å². The van der Waals surface area contributed by atoms with Crippen LogP contribution < -0.4 is 10.1 Å². The Morgan fingerprint density at radius 2 is 1.94 bits per heavy atom. The average molecular weight is 226 g/mol. The minimum atomic E-state index is 0.376. The summed E-state index contributed by atoms with van der Waals surface area (Å²) >= 11 is 0. The number of rotatable bonds is 4. The van der Waals surface area contributed by atoms with Crippen molar-refractivity contribution in [1.29, 1.82) is 5.26 Å². The number of nitrogens with one attached hydrogen (secondary N) is 1. The molecule has 86 valence electrons. The number of methoxy groups -OCH3 is 1. The third-order valence-corrected chi connectivity index (χ3v) is 2.65. The summed E-state index contributed by atoms with van der Waals surface area (Å²) in [5.41, 5.74) is 1.18. The summed E-state index contributed by atoms with van der Waals surface area (Å²) in [4.78, 5) is 0. The number of fused-ring (bicyclic) bond motifs is 1. The first kappa shape index (κ1) is 11.4. The van der Waals surface area contributed by atoms with Crippen molar-refractivity contribution < 1.29 is 4.74 Å². The Labute approximate surface area is 101 Å². The van der Waals surface area contributed by atoms with Crippen LogP contribution >= 0.6 is 0 Å². The molecular weight excluding hydrogens is 212 g/mol. The molecule has 0 saturated carbocycles. The van der Waals surface area contributed by atoms with Crippen LogP contribution in [-0.2, 0) is 6.54 Å². The number of nitriles is 1. The van der Waals surface area contributed by atoms with Gasteiger partial charge in [-0.1, -0.05) is 18.2 Å². The summed E-state index contributed by atoms with van der Waals surface area (Å²) in [6, 6.07) is 14.3. The van der Waals surface area contributed by atoms with Gasteiger partial charge in [0.2, 0.25) is 0 Å². The van der Waals surface area contributed by atoms with Crippen molar-refractivity contribution in [2.75, 3.05) is 13.7 Å². The van der Waals surface area contributed by atoms with Crippen LogP contribution in [-0.4, -0.2) is 13.7 Å². The number of benzene rings is 2. The predicted octanol–water partition coefficient (Wildman–Crippen LogP) is 2.46. The second-order valence-electron chi connectivity index (χ2n) is 3.81. The molecule has 2 rings (SSSR count). The van der Waals surface area contributed by atoms with E-state index in [9.17, 15) is 0 Å². The van der Waals surface area contributed by atoms with Crippen molar-refractivity contribution in [2.24, 2.45) is 0 Å². The van der Waals surface area contributed by atoms with Crippen LogP contribution in [0.25, 0.3) is 10.8 Å². The molecule has 0 aromatic heterocycles. The Balaban J connectivity index is 2.23. The zero-order valence-electron chi connectivity index (χ0n) is 9.73. The van der Waals surface area contributed by atoms with Crippen LogP contribution in [0.15, 0.2) is 36.4 Å². The quantitative estimate of drug-likeness (QED) is 0.643. The molecule has 0 aliphatic heterocycles. The number of nitrogens with zero attached hydrogens (tertiary/aromatic N) is 1. The molecule has 0 fully saturated rings. The maximum absolute atomic E-state index is 8.45. The molecule has 0 aliphatic rings. The molecule has 2 aromatic carbocycles. The molecule has 0 bridgehead atoms. The second kappa shape index (κ2) is 5.33. The van der Waals surface area contributed by atoms with Crippen molar-refractivity contribution in [2.45, 2.75) is 6.54 Å². The molecule has 0 radical (unpaired) electrons. The Hall–Kier alpha value is -2.05. The molecule has 0 amide bonds. The minimum absolute atomic E-state index is 0.376. The number of hydrogen-bond donors (Lipinski definition) is 1. The molecule has 0 saturated heterocycles. The van der Waals surface area contributed by atoms with E-state index in [2.05, 4.69) is 29.6 Å². The van der Waals surface area contributed by atoms with Gasteiger partial charge in [-0.05, 0) is 34.5 Å². The van der Waals surface area contributed by atoms with E-state index in [4.69, 9.17) is 10.00 Å². The van der Waals surface area contributed by atoms with E-state index in [1.165, 1.54) is 10.9 Å². The number of ether oxygens (including phenoxy) is 1. The van der Waals surface area contributed by atoms with Gasteiger partial charge in [0.1, 0.15) is 5.75 Å². The Kier molecular flexibility index (Phi) is 3.59. The fourth-order valence-corrected chi connectivity index (χ4v) is 1.77. The first-order chi connectivity index (χ1) is 8.33. The second-order valence-corrected chi connectivity index (χ2v) is 3.81. The highest BCUT2D eigenvalue weighted by molar-refractivity contribution is 5.84. The minimum Gasteiger partial charge on any atom is -0.497 e. The van der Waals surface area contributed by atoms with Gasteiger partial charge in [-0.25, -0.2) is 0 Å². The van der Waals surface area contributed by atoms with Gasteiger partial charge in [-0.15, -0.1) is 0 Å². The number of hydrogen-bond acceptors (Lipinski definition) is 3. The summed E-state index contributed by atoms with van der Waals surface area (Å²) in [6.45, 7) is 1.09. The fourth-order valence-electron chi connectivity index (χ4n) is 1.77. The van der Waals surface area contributed by atoms with E-state index in [0.29, 0.717) is 6.54 Å². The van der Waals surface area contributed by atoms with Gasteiger partial charge in [0, 0.05) is 6.54 Å². The van der Waals surface area contributed by atoms with Crippen molar-refractivity contribution in [1.82, 2.24) is 5.32 Å². The summed E-state index contributed by atoms with van der Waals surface area (Å²) in [5, 5.41) is 13.8. The highest BCUT2D eigenvalue weighted by Crippen LogP contribution is 2.21. The SMILES string of the molecule is COc1ccc2cc(CNCC#N)ccc2c1. The Bertz CT molecular complexity index is 558. The van der Waals surface area contributed by atoms with E-state index in [-0.39, 0.29) is 0 Å². The maximum atomic E-state index is 8.45. The van der Waals surface area contributed by atoms with E-state index in [1.54, 1.807) is 7.11 Å². The topological polar surface area (TPSA) is 45.0 Å². The largest absolute Gasteiger partial charge is 0.497 e. The third-order valence-electron chi connectivity index (χ3n) is 2.65. The van der Waals surface area contributed by atoms with Crippen molar-refractivity contribution in [3.05, 3.63) is 42.0 Å². The third kappa shape index (κ3) is 2.74. The van der Waals surface area contributed by atoms with Crippen molar-refractivity contribution >= 4 is 10.8 Å². The van der Waals surface area contributed by atoms with Gasteiger partial charge >= 0.3 is 0 Å². The zero-order chi connectivity index (χ0) is 12.1. The van der Waals surface area contributed by atoms with E-state index < -0.39 is 0 Å². The van der Waals surface area contributed by atoms with Crippen LogP contribution in [0.3, 0.4) is 0 Å².